The van der Waals surface area contributed by atoms with Crippen LogP contribution < -0.4 is 4.74 Å². The zero-order chi connectivity index (χ0) is 13.7. The number of carboxylic acid groups (broad SMARTS) is 1. The van der Waals surface area contributed by atoms with Crippen molar-refractivity contribution >= 4 is 16.9 Å². The van der Waals surface area contributed by atoms with Gasteiger partial charge >= 0.3 is 5.97 Å². The Labute approximate surface area is 112 Å². The van der Waals surface area contributed by atoms with Crippen LogP contribution in [0.15, 0.2) is 36.5 Å². The molecule has 0 radical (unpaired) electrons. The molecule has 0 fully saturated rings. The topological polar surface area (TPSA) is 59.4 Å². The third kappa shape index (κ3) is 3.44. The second kappa shape index (κ2) is 6.18. The third-order valence-electron chi connectivity index (χ3n) is 2.95. The smallest absolute Gasteiger partial charge is 0.344 e. The lowest BCUT2D eigenvalue weighted by atomic mass is 10.1. The maximum absolute atomic E-state index is 11.1. The number of rotatable bonds is 6. The molecule has 1 heterocycles. The highest BCUT2D eigenvalue weighted by Crippen LogP contribution is 2.21. The minimum Gasteiger partial charge on any atom is -0.479 e. The number of aliphatic carboxylic acids is 1. The molecular weight excluding hydrogens is 242 g/mol. The Balaban J connectivity index is 2.16. The normalized spacial score (nSPS) is 12.3. The highest BCUT2D eigenvalue weighted by Gasteiger charge is 2.18. The number of fused-ring (bicyclic) bond motifs is 1. The van der Waals surface area contributed by atoms with Gasteiger partial charge in [-0.3, -0.25) is 4.98 Å². The Morgan fingerprint density at radius 1 is 1.42 bits per heavy atom. The summed E-state index contributed by atoms with van der Waals surface area (Å²) in [5.74, 6) is -0.371. The molecular formula is C15H17NO3. The Morgan fingerprint density at radius 2 is 2.26 bits per heavy atom. The maximum Gasteiger partial charge on any atom is 0.344 e. The third-order valence-corrected chi connectivity index (χ3v) is 2.95. The van der Waals surface area contributed by atoms with Gasteiger partial charge in [-0.2, -0.15) is 0 Å². The van der Waals surface area contributed by atoms with E-state index in [4.69, 9.17) is 9.84 Å². The minimum atomic E-state index is -0.922. The lowest BCUT2D eigenvalue weighted by molar-refractivity contribution is -0.145. The number of hydrogen-bond acceptors (Lipinski definition) is 3. The number of carbonyl (C=O) groups is 1. The van der Waals surface area contributed by atoms with Crippen LogP contribution in [0, 0.1) is 0 Å². The first-order valence-corrected chi connectivity index (χ1v) is 6.45. The van der Waals surface area contributed by atoms with E-state index in [2.05, 4.69) is 4.98 Å². The van der Waals surface area contributed by atoms with E-state index in [0.29, 0.717) is 12.2 Å². The highest BCUT2D eigenvalue weighted by atomic mass is 16.5. The van der Waals surface area contributed by atoms with Gasteiger partial charge in [-0.15, -0.1) is 0 Å². The van der Waals surface area contributed by atoms with Crippen molar-refractivity contribution in [3.8, 4) is 5.75 Å². The molecule has 0 saturated heterocycles. The number of benzene rings is 1. The highest BCUT2D eigenvalue weighted by molar-refractivity contribution is 5.80. The second-order valence-corrected chi connectivity index (χ2v) is 4.44. The summed E-state index contributed by atoms with van der Waals surface area (Å²) in [6, 6.07) is 9.27. The monoisotopic (exact) mass is 259 g/mol. The predicted molar refractivity (Wildman–Crippen MR) is 73.3 cm³/mol. The summed E-state index contributed by atoms with van der Waals surface area (Å²) in [5.41, 5.74) is 0.805. The fraction of sp³-hybridized carbons (Fsp3) is 0.333. The molecule has 1 aromatic heterocycles. The SMILES string of the molecule is CCCCC(Oc1ccc2cccnc2c1)C(=O)O. The van der Waals surface area contributed by atoms with Gasteiger partial charge in [-0.1, -0.05) is 19.4 Å². The zero-order valence-corrected chi connectivity index (χ0v) is 10.9. The number of hydrogen-bond donors (Lipinski definition) is 1. The number of carboxylic acids is 1. The molecule has 0 aliphatic rings. The number of unbranched alkanes of at least 4 members (excludes halogenated alkanes) is 1. The van der Waals surface area contributed by atoms with Gasteiger partial charge in [-0.05, 0) is 31.0 Å². The van der Waals surface area contributed by atoms with Crippen LogP contribution in [0.5, 0.6) is 5.75 Å². The van der Waals surface area contributed by atoms with Gasteiger partial charge in [0, 0.05) is 17.6 Å². The van der Waals surface area contributed by atoms with E-state index >= 15 is 0 Å². The standard InChI is InChI=1S/C15H17NO3/c1-2-3-6-14(15(17)18)19-12-8-7-11-5-4-9-16-13(11)10-12/h4-5,7-10,14H,2-3,6H2,1H3,(H,17,18). The molecule has 1 N–H and O–H groups in total. The Kier molecular flexibility index (Phi) is 4.34. The second-order valence-electron chi connectivity index (χ2n) is 4.44. The van der Waals surface area contributed by atoms with Crippen LogP contribution in [0.1, 0.15) is 26.2 Å². The van der Waals surface area contributed by atoms with E-state index in [1.54, 1.807) is 18.3 Å². The van der Waals surface area contributed by atoms with Crippen molar-refractivity contribution in [3.05, 3.63) is 36.5 Å². The van der Waals surface area contributed by atoms with Gasteiger partial charge in [0.25, 0.3) is 0 Å². The van der Waals surface area contributed by atoms with E-state index in [9.17, 15) is 4.79 Å². The summed E-state index contributed by atoms with van der Waals surface area (Å²) in [6.45, 7) is 2.03. The van der Waals surface area contributed by atoms with Crippen molar-refractivity contribution in [3.63, 3.8) is 0 Å². The minimum absolute atomic E-state index is 0.520. The summed E-state index contributed by atoms with van der Waals surface area (Å²) in [5, 5.41) is 10.1. The number of ether oxygens (including phenoxy) is 1. The quantitative estimate of drug-likeness (QED) is 0.865. The number of aromatic nitrogens is 1. The number of pyridine rings is 1. The molecule has 2 aromatic rings. The van der Waals surface area contributed by atoms with E-state index < -0.39 is 12.1 Å². The van der Waals surface area contributed by atoms with E-state index in [1.165, 1.54) is 0 Å². The summed E-state index contributed by atoms with van der Waals surface area (Å²) in [6.07, 6.45) is 3.22. The lowest BCUT2D eigenvalue weighted by Crippen LogP contribution is -2.26. The molecule has 1 unspecified atom stereocenters. The van der Waals surface area contributed by atoms with E-state index in [0.717, 1.165) is 23.7 Å². The van der Waals surface area contributed by atoms with Crippen molar-refractivity contribution < 1.29 is 14.6 Å². The average molecular weight is 259 g/mol. The molecule has 0 amide bonds. The molecule has 0 aliphatic heterocycles. The molecule has 19 heavy (non-hydrogen) atoms. The molecule has 0 aliphatic carbocycles. The van der Waals surface area contributed by atoms with Crippen LogP contribution in [-0.4, -0.2) is 22.2 Å². The lowest BCUT2D eigenvalue weighted by Gasteiger charge is -2.15. The van der Waals surface area contributed by atoms with Crippen molar-refractivity contribution in [2.24, 2.45) is 0 Å². The predicted octanol–water partition coefficient (Wildman–Crippen LogP) is 3.26. The molecule has 0 bridgehead atoms. The van der Waals surface area contributed by atoms with Crippen LogP contribution in [0.3, 0.4) is 0 Å². The summed E-state index contributed by atoms with van der Waals surface area (Å²) in [7, 11) is 0. The Morgan fingerprint density at radius 3 is 3.00 bits per heavy atom. The first-order valence-electron chi connectivity index (χ1n) is 6.45. The van der Waals surface area contributed by atoms with Gasteiger partial charge in [0.2, 0.25) is 0 Å². The first kappa shape index (κ1) is 13.3. The molecule has 2 rings (SSSR count). The molecule has 0 spiro atoms. The summed E-state index contributed by atoms with van der Waals surface area (Å²) < 4.78 is 5.55. The Bertz CT molecular complexity index is 568. The zero-order valence-electron chi connectivity index (χ0n) is 10.9. The summed E-state index contributed by atoms with van der Waals surface area (Å²) >= 11 is 0. The van der Waals surface area contributed by atoms with Gasteiger partial charge in [0.05, 0.1) is 5.52 Å². The van der Waals surface area contributed by atoms with E-state index in [-0.39, 0.29) is 0 Å². The van der Waals surface area contributed by atoms with Crippen molar-refractivity contribution in [1.82, 2.24) is 4.98 Å². The maximum atomic E-state index is 11.1. The fourth-order valence-electron chi connectivity index (χ4n) is 1.91. The molecule has 4 nitrogen and oxygen atoms in total. The summed E-state index contributed by atoms with van der Waals surface area (Å²) in [4.78, 5) is 15.4. The van der Waals surface area contributed by atoms with Gasteiger partial charge in [-0.25, -0.2) is 4.79 Å². The first-order chi connectivity index (χ1) is 9.20. The van der Waals surface area contributed by atoms with Crippen LogP contribution in [0.25, 0.3) is 10.9 Å². The van der Waals surface area contributed by atoms with Crippen LogP contribution in [-0.2, 0) is 4.79 Å². The fourth-order valence-corrected chi connectivity index (χ4v) is 1.91. The molecule has 4 heteroatoms. The molecule has 1 aromatic carbocycles. The molecule has 100 valence electrons. The molecule has 0 saturated carbocycles. The van der Waals surface area contributed by atoms with Crippen molar-refractivity contribution in [1.29, 1.82) is 0 Å². The van der Waals surface area contributed by atoms with Gasteiger partial charge in [0.15, 0.2) is 6.10 Å². The average Bonchev–Trinajstić information content (AvgIpc) is 2.43. The Hall–Kier alpha value is -2.10. The van der Waals surface area contributed by atoms with Crippen LogP contribution in [0.2, 0.25) is 0 Å². The van der Waals surface area contributed by atoms with E-state index in [1.807, 2.05) is 25.1 Å². The molecule has 1 atom stereocenters. The largest absolute Gasteiger partial charge is 0.479 e. The van der Waals surface area contributed by atoms with Crippen molar-refractivity contribution in [2.75, 3.05) is 0 Å². The van der Waals surface area contributed by atoms with Crippen LogP contribution in [0.4, 0.5) is 0 Å². The van der Waals surface area contributed by atoms with Gasteiger partial charge < -0.3 is 9.84 Å². The number of nitrogens with zero attached hydrogens (tertiary/aromatic N) is 1. The van der Waals surface area contributed by atoms with Gasteiger partial charge in [0.1, 0.15) is 5.75 Å². The van der Waals surface area contributed by atoms with Crippen molar-refractivity contribution in [2.45, 2.75) is 32.3 Å². The van der Waals surface area contributed by atoms with Crippen LogP contribution >= 0.6 is 0 Å².